The van der Waals surface area contributed by atoms with Crippen LogP contribution in [0.25, 0.3) is 27.6 Å². The minimum atomic E-state index is -0.182. The fourth-order valence-corrected chi connectivity index (χ4v) is 8.26. The van der Waals surface area contributed by atoms with E-state index in [4.69, 9.17) is 9.72 Å². The van der Waals surface area contributed by atoms with E-state index in [0.717, 1.165) is 39.0 Å². The normalized spacial score (nSPS) is 14.0. The molecule has 3 heterocycles. The molecular weight excluding hydrogens is 904 g/mol. The maximum Gasteiger partial charge on any atom is 0.135 e. The summed E-state index contributed by atoms with van der Waals surface area (Å²) in [5, 5.41) is 2.25. The summed E-state index contributed by atoms with van der Waals surface area (Å²) in [7, 11) is 0. The van der Waals surface area contributed by atoms with Crippen LogP contribution >= 0.6 is 0 Å². The first-order valence-electron chi connectivity index (χ1n) is 20.4. The summed E-state index contributed by atoms with van der Waals surface area (Å²) >= 11 is 0. The topological polar surface area (TPSA) is 33.5 Å². The Labute approximate surface area is 366 Å². The van der Waals surface area contributed by atoms with Crippen LogP contribution in [0.1, 0.15) is 92.9 Å². The van der Waals surface area contributed by atoms with Crippen LogP contribution in [0.5, 0.6) is 11.5 Å². The van der Waals surface area contributed by atoms with Gasteiger partial charge in [0.2, 0.25) is 0 Å². The van der Waals surface area contributed by atoms with Crippen molar-refractivity contribution in [2.45, 2.75) is 87.0 Å². The van der Waals surface area contributed by atoms with Gasteiger partial charge in [-0.25, -0.2) is 4.98 Å². The molecule has 1 aliphatic rings. The third kappa shape index (κ3) is 7.99. The van der Waals surface area contributed by atoms with Crippen LogP contribution in [0.4, 0.5) is 11.4 Å². The number of para-hydroxylation sites is 1. The second kappa shape index (κ2) is 15.5. The van der Waals surface area contributed by atoms with E-state index >= 15 is 0 Å². The van der Waals surface area contributed by atoms with E-state index in [2.05, 4.69) is 212 Å². The summed E-state index contributed by atoms with van der Waals surface area (Å²) in [6.45, 7) is 27.3. The summed E-state index contributed by atoms with van der Waals surface area (Å²) in [4.78, 5) is 9.51. The van der Waals surface area contributed by atoms with Crippen molar-refractivity contribution in [3.8, 4) is 17.3 Å². The van der Waals surface area contributed by atoms with Gasteiger partial charge in [0.25, 0.3) is 0 Å². The van der Waals surface area contributed by atoms with Crippen LogP contribution in [0, 0.1) is 29.6 Å². The van der Waals surface area contributed by atoms with Crippen molar-refractivity contribution in [1.29, 1.82) is 0 Å². The molecule has 7 aromatic rings. The minimum Gasteiger partial charge on any atom is -0.509 e. The molecule has 0 amide bonds. The maximum absolute atomic E-state index is 6.64. The van der Waals surface area contributed by atoms with E-state index in [1.165, 1.54) is 28.1 Å². The number of aromatic nitrogens is 2. The Kier molecular flexibility index (Phi) is 11.0. The molecule has 5 nitrogen and oxygen atoms in total. The third-order valence-electron chi connectivity index (χ3n) is 11.4. The number of fused-ring (bicyclic) bond motifs is 3. The van der Waals surface area contributed by atoms with Crippen molar-refractivity contribution in [2.24, 2.45) is 10.8 Å². The first-order valence-corrected chi connectivity index (χ1v) is 20.4. The molecule has 5 aromatic carbocycles. The summed E-state index contributed by atoms with van der Waals surface area (Å²) in [5.74, 6) is 2.10. The van der Waals surface area contributed by atoms with Crippen LogP contribution in [0.3, 0.4) is 0 Å². The van der Waals surface area contributed by atoms with E-state index in [-0.39, 0.29) is 42.7 Å². The summed E-state index contributed by atoms with van der Waals surface area (Å²) in [6.07, 6.45) is 1.90. The van der Waals surface area contributed by atoms with Gasteiger partial charge in [0.05, 0.1) is 0 Å². The largest absolute Gasteiger partial charge is 0.509 e. The van der Waals surface area contributed by atoms with Crippen LogP contribution in [-0.2, 0) is 31.9 Å². The minimum absolute atomic E-state index is 0. The molecule has 0 unspecified atom stereocenters. The molecule has 1 aliphatic heterocycles. The molecule has 0 saturated carbocycles. The zero-order valence-electron chi connectivity index (χ0n) is 36.2. The molecule has 8 rings (SSSR count). The van der Waals surface area contributed by atoms with Crippen molar-refractivity contribution in [2.75, 3.05) is 9.80 Å². The van der Waals surface area contributed by atoms with Gasteiger partial charge in [-0.2, -0.15) is 12.1 Å². The van der Waals surface area contributed by atoms with Gasteiger partial charge in [-0.15, -0.1) is 48.1 Å². The van der Waals surface area contributed by atoms with Crippen LogP contribution in [-0.4, -0.2) is 9.55 Å². The van der Waals surface area contributed by atoms with Gasteiger partial charge in [-0.3, -0.25) is 0 Å². The standard InChI is InChI=1S/C53H55N4O.Pt/c1-50(2,3)38-30-31-54-47(32-38)57-45-23-16-15-22-43(45)44-29-28-42(34-46(44)57)58-41-21-17-20-40(33-41)56-35-55(48(51(4,5)6)49(56)52(7,8)9)39-26-24-37(25-27-39)53(10,11)36-18-13-12-14-19-36;/h12-32,35H,1-11H3;/q-3;. The molecule has 0 bridgehead atoms. The molecule has 0 atom stereocenters. The number of rotatable bonds is 7. The Hall–Kier alpha value is -5.12. The van der Waals surface area contributed by atoms with Crippen molar-refractivity contribution in [3.05, 3.63) is 174 Å². The number of hydrogen-bond acceptors (Lipinski definition) is 4. The Morgan fingerprint density at radius 3 is 1.85 bits per heavy atom. The number of benzene rings is 5. The van der Waals surface area contributed by atoms with Gasteiger partial charge < -0.3 is 19.1 Å². The molecule has 0 N–H and O–H groups in total. The number of anilines is 2. The molecule has 306 valence electrons. The second-order valence-corrected chi connectivity index (χ2v) is 19.2. The SMILES string of the molecule is CC(C)(C)C1=C(C(C)(C)C)N(c2ccc(C(C)(C)c3ccccc3)cc2)[CH-]N1c1[c-]c(Oc2[c-]c3c(cc2)c2ccccc2n3-c2cc(C(C)(C)C)ccn2)ccc1.[Pt]. The Morgan fingerprint density at radius 2 is 1.17 bits per heavy atom. The number of hydrogen-bond donors (Lipinski definition) is 0. The Balaban J connectivity index is 0.00000528. The first-order chi connectivity index (χ1) is 27.4. The molecule has 6 heteroatoms. The number of pyridine rings is 1. The van der Waals surface area contributed by atoms with E-state index in [1.54, 1.807) is 0 Å². The summed E-state index contributed by atoms with van der Waals surface area (Å²) in [5.41, 5.74) is 9.83. The number of nitrogens with zero attached hydrogens (tertiary/aromatic N) is 4. The van der Waals surface area contributed by atoms with Crippen molar-refractivity contribution in [3.63, 3.8) is 0 Å². The smallest absolute Gasteiger partial charge is 0.135 e. The molecule has 0 radical (unpaired) electrons. The molecule has 0 aliphatic carbocycles. The van der Waals surface area contributed by atoms with Crippen molar-refractivity contribution in [1.82, 2.24) is 9.55 Å². The molecule has 2 aromatic heterocycles. The van der Waals surface area contributed by atoms with Gasteiger partial charge in [0, 0.05) is 77.6 Å². The average Bonchev–Trinajstić information content (AvgIpc) is 3.76. The van der Waals surface area contributed by atoms with E-state index in [9.17, 15) is 0 Å². The zero-order chi connectivity index (χ0) is 41.2. The van der Waals surface area contributed by atoms with Gasteiger partial charge in [0.1, 0.15) is 5.82 Å². The van der Waals surface area contributed by atoms with Gasteiger partial charge in [0.15, 0.2) is 0 Å². The van der Waals surface area contributed by atoms with Crippen LogP contribution in [0.15, 0.2) is 139 Å². The fraction of sp³-hybridized carbons (Fsp3) is 0.283. The van der Waals surface area contributed by atoms with Crippen LogP contribution < -0.4 is 14.5 Å². The average molecular weight is 959 g/mol. The maximum atomic E-state index is 6.64. The van der Waals surface area contributed by atoms with E-state index in [0.29, 0.717) is 11.5 Å². The van der Waals surface area contributed by atoms with Gasteiger partial charge in [-0.1, -0.05) is 142 Å². The van der Waals surface area contributed by atoms with Crippen LogP contribution in [0.2, 0.25) is 0 Å². The quantitative estimate of drug-likeness (QED) is 0.149. The molecule has 59 heavy (non-hydrogen) atoms. The van der Waals surface area contributed by atoms with Crippen molar-refractivity contribution < 1.29 is 25.8 Å². The van der Waals surface area contributed by atoms with Gasteiger partial charge >= 0.3 is 0 Å². The summed E-state index contributed by atoms with van der Waals surface area (Å²) in [6, 6.07) is 50.1. The van der Waals surface area contributed by atoms with E-state index in [1.807, 2.05) is 24.4 Å². The van der Waals surface area contributed by atoms with Gasteiger partial charge in [-0.05, 0) is 57.8 Å². The molecule has 0 spiro atoms. The number of ether oxygens (including phenoxy) is 1. The number of allylic oxidation sites excluding steroid dienone is 2. The molecular formula is C53H55N4OPt-3. The molecule has 0 fully saturated rings. The zero-order valence-corrected chi connectivity index (χ0v) is 38.5. The second-order valence-electron chi connectivity index (χ2n) is 19.2. The monoisotopic (exact) mass is 958 g/mol. The van der Waals surface area contributed by atoms with E-state index < -0.39 is 0 Å². The Morgan fingerprint density at radius 1 is 0.542 bits per heavy atom. The predicted molar refractivity (Wildman–Crippen MR) is 242 cm³/mol. The molecule has 0 saturated heterocycles. The Bertz CT molecular complexity index is 2650. The third-order valence-corrected chi connectivity index (χ3v) is 11.4. The van der Waals surface area contributed by atoms with Crippen molar-refractivity contribution >= 4 is 33.2 Å². The predicted octanol–water partition coefficient (Wildman–Crippen LogP) is 13.9. The first kappa shape index (κ1) is 42.0. The summed E-state index contributed by atoms with van der Waals surface area (Å²) < 4.78 is 8.84. The fourth-order valence-electron chi connectivity index (χ4n) is 8.26.